The van der Waals surface area contributed by atoms with Crippen molar-refractivity contribution in [3.8, 4) is 0 Å². The maximum absolute atomic E-state index is 13.0. The summed E-state index contributed by atoms with van der Waals surface area (Å²) in [7, 11) is 0. The van der Waals surface area contributed by atoms with Crippen LogP contribution in [-0.4, -0.2) is 18.0 Å². The molecule has 1 aliphatic carbocycles. The summed E-state index contributed by atoms with van der Waals surface area (Å²) in [6, 6.07) is 5.43. The number of thioether (sulfide) groups is 1. The molecule has 0 amide bonds. The first kappa shape index (κ1) is 16.4. The number of hydrogen-bond acceptors (Lipinski definition) is 2. The average Bonchev–Trinajstić information content (AvgIpc) is 2.40. The zero-order valence-electron chi connectivity index (χ0n) is 11.2. The van der Waals surface area contributed by atoms with E-state index >= 15 is 0 Å². The van der Waals surface area contributed by atoms with E-state index in [1.54, 1.807) is 12.1 Å². The van der Waals surface area contributed by atoms with E-state index < -0.39 is 23.9 Å². The Kier molecular flexibility index (Phi) is 5.35. The van der Waals surface area contributed by atoms with E-state index in [2.05, 4.69) is 5.32 Å². The van der Waals surface area contributed by atoms with E-state index in [-0.39, 0.29) is 6.42 Å². The molecule has 0 bridgehead atoms. The van der Waals surface area contributed by atoms with Crippen molar-refractivity contribution >= 4 is 17.4 Å². The molecular formula is C14H16F5NS. The van der Waals surface area contributed by atoms with Gasteiger partial charge in [0.2, 0.25) is 0 Å². The Morgan fingerprint density at radius 3 is 2.24 bits per heavy atom. The third kappa shape index (κ3) is 4.76. The third-order valence-electron chi connectivity index (χ3n) is 3.62. The van der Waals surface area contributed by atoms with Crippen LogP contribution in [0.5, 0.6) is 0 Å². The van der Waals surface area contributed by atoms with Gasteiger partial charge in [-0.05, 0) is 37.1 Å². The predicted molar refractivity (Wildman–Crippen MR) is 73.7 cm³/mol. The Balaban J connectivity index is 2.02. The van der Waals surface area contributed by atoms with Crippen molar-refractivity contribution in [2.75, 3.05) is 5.32 Å². The topological polar surface area (TPSA) is 12.0 Å². The normalized spacial score (nSPS) is 23.3. The average molecular weight is 325 g/mol. The number of benzene rings is 1. The number of nitrogens with one attached hydrogen (secondary N) is 1. The molecule has 0 aromatic heterocycles. The Labute approximate surface area is 124 Å². The quantitative estimate of drug-likeness (QED) is 0.576. The fraction of sp³-hybridized carbons (Fsp3) is 0.571. The molecule has 21 heavy (non-hydrogen) atoms. The van der Waals surface area contributed by atoms with E-state index in [0.717, 1.165) is 6.42 Å². The van der Waals surface area contributed by atoms with Crippen LogP contribution in [0.25, 0.3) is 0 Å². The van der Waals surface area contributed by atoms with Gasteiger partial charge in [-0.25, -0.2) is 0 Å². The van der Waals surface area contributed by atoms with Gasteiger partial charge in [0.05, 0.1) is 5.92 Å². The van der Waals surface area contributed by atoms with Crippen LogP contribution < -0.4 is 5.32 Å². The van der Waals surface area contributed by atoms with Gasteiger partial charge in [-0.2, -0.15) is 22.0 Å². The lowest BCUT2D eigenvalue weighted by Gasteiger charge is -2.34. The van der Waals surface area contributed by atoms with E-state index in [4.69, 9.17) is 0 Å². The molecule has 7 heteroatoms. The van der Waals surface area contributed by atoms with Gasteiger partial charge in [-0.1, -0.05) is 24.6 Å². The molecule has 1 aromatic rings. The van der Waals surface area contributed by atoms with Crippen molar-refractivity contribution < 1.29 is 22.0 Å². The van der Waals surface area contributed by atoms with Gasteiger partial charge < -0.3 is 5.32 Å². The van der Waals surface area contributed by atoms with E-state index in [0.29, 0.717) is 35.2 Å². The summed E-state index contributed by atoms with van der Waals surface area (Å²) < 4.78 is 63.3. The number of halogens is 5. The lowest BCUT2D eigenvalue weighted by Crippen LogP contribution is -2.41. The van der Waals surface area contributed by atoms with Crippen LogP contribution in [-0.2, 0) is 0 Å². The number of hydrogen-bond donors (Lipinski definition) is 1. The summed E-state index contributed by atoms with van der Waals surface area (Å²) >= 11 is 0.417. The molecule has 0 saturated heterocycles. The maximum Gasteiger partial charge on any atom is 0.393 e. The highest BCUT2D eigenvalue weighted by Gasteiger charge is 2.45. The molecule has 0 spiro atoms. The van der Waals surface area contributed by atoms with Crippen molar-refractivity contribution in [2.45, 2.75) is 48.6 Å². The zero-order valence-corrected chi connectivity index (χ0v) is 12.0. The van der Waals surface area contributed by atoms with E-state index in [1.165, 1.54) is 12.1 Å². The molecule has 1 saturated carbocycles. The first-order valence-electron chi connectivity index (χ1n) is 6.74. The predicted octanol–water partition coefficient (Wildman–Crippen LogP) is 5.53. The Hall–Kier alpha value is -0.980. The number of rotatable bonds is 4. The molecule has 0 heterocycles. The molecule has 1 aliphatic rings. The van der Waals surface area contributed by atoms with Crippen molar-refractivity contribution in [3.63, 3.8) is 0 Å². The monoisotopic (exact) mass is 325 g/mol. The molecule has 0 radical (unpaired) electrons. The molecule has 118 valence electrons. The van der Waals surface area contributed by atoms with E-state index in [9.17, 15) is 22.0 Å². The number of alkyl halides is 5. The van der Waals surface area contributed by atoms with Gasteiger partial charge in [0, 0.05) is 16.6 Å². The van der Waals surface area contributed by atoms with Crippen molar-refractivity contribution in [2.24, 2.45) is 5.92 Å². The highest BCUT2D eigenvalue weighted by Crippen LogP contribution is 2.39. The summed E-state index contributed by atoms with van der Waals surface area (Å²) in [4.78, 5) is 0.395. The summed E-state index contributed by atoms with van der Waals surface area (Å²) in [6.07, 6.45) is -2.24. The molecule has 2 rings (SSSR count). The first-order chi connectivity index (χ1) is 9.86. The smallest absolute Gasteiger partial charge is 0.382 e. The third-order valence-corrected chi connectivity index (χ3v) is 4.34. The van der Waals surface area contributed by atoms with Crippen molar-refractivity contribution in [1.82, 2.24) is 0 Å². The zero-order chi connectivity index (χ0) is 15.5. The van der Waals surface area contributed by atoms with Crippen molar-refractivity contribution in [1.29, 1.82) is 0 Å². The fourth-order valence-corrected chi connectivity index (χ4v) is 3.14. The summed E-state index contributed by atoms with van der Waals surface area (Å²) in [5, 5.41) is 2.90. The minimum atomic E-state index is -4.20. The van der Waals surface area contributed by atoms with Crippen LogP contribution in [0.2, 0.25) is 0 Å². The van der Waals surface area contributed by atoms with Crippen LogP contribution in [0.15, 0.2) is 29.2 Å². The minimum absolute atomic E-state index is 0.139. The van der Waals surface area contributed by atoms with Crippen LogP contribution in [0.3, 0.4) is 0 Å². The molecule has 1 aromatic carbocycles. The molecular weight excluding hydrogens is 309 g/mol. The second kappa shape index (κ2) is 6.85. The van der Waals surface area contributed by atoms with Crippen molar-refractivity contribution in [3.05, 3.63) is 24.3 Å². The van der Waals surface area contributed by atoms with Crippen LogP contribution >= 0.6 is 11.8 Å². The SMILES string of the molecule is FC(F)Sc1ccc(NC2CCCCC2C(F)(F)F)cc1. The summed E-state index contributed by atoms with van der Waals surface area (Å²) in [6.45, 7) is 0. The Bertz CT molecular complexity index is 446. The standard InChI is InChI=1S/C14H16F5NS/c15-13(16)21-10-7-5-9(6-8-10)20-12-4-2-1-3-11(12)14(17,18)19/h5-8,11-13,20H,1-4H2. The van der Waals surface area contributed by atoms with Gasteiger partial charge >= 0.3 is 6.18 Å². The molecule has 1 nitrogen and oxygen atoms in total. The molecule has 1 N–H and O–H groups in total. The van der Waals surface area contributed by atoms with Crippen LogP contribution in [0, 0.1) is 5.92 Å². The highest BCUT2D eigenvalue weighted by atomic mass is 32.2. The second-order valence-electron chi connectivity index (χ2n) is 5.09. The summed E-state index contributed by atoms with van der Waals surface area (Å²) in [5.74, 6) is -3.85. The van der Waals surface area contributed by atoms with Gasteiger partial charge in [-0.3, -0.25) is 0 Å². The second-order valence-corrected chi connectivity index (χ2v) is 6.15. The Morgan fingerprint density at radius 1 is 1.05 bits per heavy atom. The first-order valence-corrected chi connectivity index (χ1v) is 7.62. The van der Waals surface area contributed by atoms with Gasteiger partial charge in [0.15, 0.2) is 0 Å². The summed E-state index contributed by atoms with van der Waals surface area (Å²) in [5.41, 5.74) is 0.537. The Morgan fingerprint density at radius 2 is 1.67 bits per heavy atom. The van der Waals surface area contributed by atoms with E-state index in [1.807, 2.05) is 0 Å². The lowest BCUT2D eigenvalue weighted by atomic mass is 9.84. The van der Waals surface area contributed by atoms with Crippen LogP contribution in [0.4, 0.5) is 27.6 Å². The molecule has 0 aliphatic heterocycles. The van der Waals surface area contributed by atoms with Gasteiger partial charge in [0.25, 0.3) is 5.76 Å². The lowest BCUT2D eigenvalue weighted by molar-refractivity contribution is -0.184. The van der Waals surface area contributed by atoms with Gasteiger partial charge in [-0.15, -0.1) is 0 Å². The number of anilines is 1. The fourth-order valence-electron chi connectivity index (χ4n) is 2.64. The minimum Gasteiger partial charge on any atom is -0.382 e. The highest BCUT2D eigenvalue weighted by molar-refractivity contribution is 7.99. The molecule has 1 fully saturated rings. The van der Waals surface area contributed by atoms with Gasteiger partial charge in [0.1, 0.15) is 0 Å². The largest absolute Gasteiger partial charge is 0.393 e. The molecule has 2 unspecified atom stereocenters. The van der Waals surface area contributed by atoms with Crippen LogP contribution in [0.1, 0.15) is 25.7 Å². The maximum atomic E-state index is 13.0. The molecule has 2 atom stereocenters.